The van der Waals surface area contributed by atoms with Crippen molar-refractivity contribution >= 4 is 28.4 Å². The SMILES string of the molecule is NCCc1csc2nc(/C=C/c3cccc(F)c3)nn12. The van der Waals surface area contributed by atoms with Gasteiger partial charge in [-0.05, 0) is 30.3 Å². The third-order valence-corrected chi connectivity index (χ3v) is 3.71. The molecule has 0 amide bonds. The average molecular weight is 288 g/mol. The van der Waals surface area contributed by atoms with Gasteiger partial charge in [0.1, 0.15) is 5.82 Å². The zero-order chi connectivity index (χ0) is 13.9. The van der Waals surface area contributed by atoms with Gasteiger partial charge >= 0.3 is 0 Å². The molecule has 4 nitrogen and oxygen atoms in total. The minimum atomic E-state index is -0.254. The van der Waals surface area contributed by atoms with Crippen LogP contribution >= 0.6 is 11.3 Å². The standard InChI is InChI=1S/C14H13FN4S/c15-11-3-1-2-10(8-11)4-5-13-17-14-19(18-13)12(6-7-16)9-20-14/h1-5,8-9H,6-7,16H2/b5-4+. The summed E-state index contributed by atoms with van der Waals surface area (Å²) in [7, 11) is 0. The predicted molar refractivity (Wildman–Crippen MR) is 79.0 cm³/mol. The lowest BCUT2D eigenvalue weighted by atomic mass is 10.2. The minimum Gasteiger partial charge on any atom is -0.330 e. The number of aromatic nitrogens is 3. The molecule has 1 aromatic carbocycles. The number of nitrogens with zero attached hydrogens (tertiary/aromatic N) is 3. The van der Waals surface area contributed by atoms with Crippen LogP contribution < -0.4 is 5.73 Å². The van der Waals surface area contributed by atoms with Crippen molar-refractivity contribution in [3.63, 3.8) is 0 Å². The van der Waals surface area contributed by atoms with Crippen molar-refractivity contribution in [3.05, 3.63) is 52.5 Å². The fourth-order valence-corrected chi connectivity index (χ4v) is 2.77. The maximum atomic E-state index is 13.1. The van der Waals surface area contributed by atoms with E-state index in [1.165, 1.54) is 23.5 Å². The number of thiazole rings is 1. The van der Waals surface area contributed by atoms with Gasteiger partial charge in [0.05, 0.1) is 5.69 Å². The Morgan fingerprint density at radius 2 is 2.25 bits per heavy atom. The van der Waals surface area contributed by atoms with Gasteiger partial charge < -0.3 is 5.73 Å². The van der Waals surface area contributed by atoms with Gasteiger partial charge in [0, 0.05) is 11.8 Å². The van der Waals surface area contributed by atoms with Crippen LogP contribution in [-0.2, 0) is 6.42 Å². The fraction of sp³-hybridized carbons (Fsp3) is 0.143. The molecule has 0 radical (unpaired) electrons. The van der Waals surface area contributed by atoms with E-state index in [0.717, 1.165) is 22.6 Å². The molecular formula is C14H13FN4S. The highest BCUT2D eigenvalue weighted by molar-refractivity contribution is 7.15. The summed E-state index contributed by atoms with van der Waals surface area (Å²) >= 11 is 1.54. The lowest BCUT2D eigenvalue weighted by Gasteiger charge is -1.93. The average Bonchev–Trinajstić information content (AvgIpc) is 2.99. The van der Waals surface area contributed by atoms with Crippen LogP contribution in [0.4, 0.5) is 4.39 Å². The summed E-state index contributed by atoms with van der Waals surface area (Å²) in [5.41, 5.74) is 7.40. The maximum absolute atomic E-state index is 13.1. The predicted octanol–water partition coefficient (Wildman–Crippen LogP) is 2.60. The zero-order valence-electron chi connectivity index (χ0n) is 10.7. The van der Waals surface area contributed by atoms with E-state index >= 15 is 0 Å². The first-order valence-corrected chi connectivity index (χ1v) is 7.11. The maximum Gasteiger partial charge on any atom is 0.212 e. The fourth-order valence-electron chi connectivity index (χ4n) is 1.91. The van der Waals surface area contributed by atoms with Gasteiger partial charge in [-0.25, -0.2) is 8.91 Å². The Bertz CT molecular complexity index is 759. The van der Waals surface area contributed by atoms with E-state index in [2.05, 4.69) is 10.1 Å². The molecule has 0 aliphatic rings. The Balaban J connectivity index is 1.87. The molecule has 0 aliphatic carbocycles. The van der Waals surface area contributed by atoms with Crippen LogP contribution in [0.2, 0.25) is 0 Å². The number of rotatable bonds is 4. The molecule has 0 atom stereocenters. The molecule has 0 fully saturated rings. The first kappa shape index (κ1) is 13.0. The zero-order valence-corrected chi connectivity index (χ0v) is 11.5. The van der Waals surface area contributed by atoms with Crippen LogP contribution in [0, 0.1) is 5.82 Å². The molecule has 0 unspecified atom stereocenters. The summed E-state index contributed by atoms with van der Waals surface area (Å²) in [4.78, 5) is 5.24. The summed E-state index contributed by atoms with van der Waals surface area (Å²) < 4.78 is 14.9. The van der Waals surface area contributed by atoms with Crippen LogP contribution in [0.15, 0.2) is 29.6 Å². The summed E-state index contributed by atoms with van der Waals surface area (Å²) in [6.45, 7) is 0.583. The van der Waals surface area contributed by atoms with Crippen molar-refractivity contribution in [2.75, 3.05) is 6.54 Å². The van der Waals surface area contributed by atoms with Crippen molar-refractivity contribution in [2.45, 2.75) is 6.42 Å². The smallest absolute Gasteiger partial charge is 0.212 e. The summed E-state index contributed by atoms with van der Waals surface area (Å²) in [5.74, 6) is 0.357. The number of fused-ring (bicyclic) bond motifs is 1. The highest BCUT2D eigenvalue weighted by Crippen LogP contribution is 2.16. The van der Waals surface area contributed by atoms with Crippen molar-refractivity contribution in [1.29, 1.82) is 0 Å². The van der Waals surface area contributed by atoms with Crippen LogP contribution in [0.5, 0.6) is 0 Å². The Morgan fingerprint density at radius 1 is 1.35 bits per heavy atom. The molecule has 0 saturated carbocycles. The number of hydrogen-bond acceptors (Lipinski definition) is 4. The van der Waals surface area contributed by atoms with Crippen LogP contribution in [0.25, 0.3) is 17.1 Å². The summed E-state index contributed by atoms with van der Waals surface area (Å²) in [5, 5.41) is 6.42. The van der Waals surface area contributed by atoms with Crippen LogP contribution in [0.1, 0.15) is 17.1 Å². The molecule has 0 saturated heterocycles. The van der Waals surface area contributed by atoms with Crippen LogP contribution in [-0.4, -0.2) is 21.1 Å². The normalized spacial score (nSPS) is 11.7. The van der Waals surface area contributed by atoms with Crippen molar-refractivity contribution in [2.24, 2.45) is 5.73 Å². The highest BCUT2D eigenvalue weighted by Gasteiger charge is 2.07. The van der Waals surface area contributed by atoms with Crippen LogP contribution in [0.3, 0.4) is 0 Å². The molecule has 6 heteroatoms. The molecule has 0 aliphatic heterocycles. The molecule has 0 spiro atoms. The number of halogens is 1. The second kappa shape index (κ2) is 5.52. The Kier molecular flexibility index (Phi) is 3.58. The molecular weight excluding hydrogens is 275 g/mol. The monoisotopic (exact) mass is 288 g/mol. The molecule has 2 aromatic heterocycles. The first-order valence-electron chi connectivity index (χ1n) is 6.23. The van der Waals surface area contributed by atoms with Gasteiger partial charge in [0.25, 0.3) is 0 Å². The quantitative estimate of drug-likeness (QED) is 0.803. The third-order valence-electron chi connectivity index (χ3n) is 2.84. The van der Waals surface area contributed by atoms with Crippen molar-refractivity contribution < 1.29 is 4.39 Å². The van der Waals surface area contributed by atoms with Gasteiger partial charge in [-0.3, -0.25) is 0 Å². The molecule has 2 N–H and O–H groups in total. The van der Waals surface area contributed by atoms with E-state index in [9.17, 15) is 4.39 Å². The lowest BCUT2D eigenvalue weighted by molar-refractivity contribution is 0.627. The number of benzene rings is 1. The van der Waals surface area contributed by atoms with E-state index in [0.29, 0.717) is 12.4 Å². The molecule has 0 bridgehead atoms. The largest absolute Gasteiger partial charge is 0.330 e. The minimum absolute atomic E-state index is 0.254. The number of nitrogens with two attached hydrogens (primary N) is 1. The van der Waals surface area contributed by atoms with E-state index in [1.54, 1.807) is 18.2 Å². The van der Waals surface area contributed by atoms with Gasteiger partial charge in [0.15, 0.2) is 5.82 Å². The topological polar surface area (TPSA) is 56.2 Å². The second-order valence-corrected chi connectivity index (χ2v) is 5.15. The van der Waals surface area contributed by atoms with Gasteiger partial charge in [0.2, 0.25) is 4.96 Å². The Hall–Kier alpha value is -2.05. The van der Waals surface area contributed by atoms with E-state index in [-0.39, 0.29) is 5.82 Å². The van der Waals surface area contributed by atoms with E-state index in [4.69, 9.17) is 5.73 Å². The second-order valence-electron chi connectivity index (χ2n) is 4.32. The summed E-state index contributed by atoms with van der Waals surface area (Å²) in [6, 6.07) is 6.39. The van der Waals surface area contributed by atoms with Gasteiger partial charge in [-0.1, -0.05) is 18.2 Å². The van der Waals surface area contributed by atoms with Crippen molar-refractivity contribution in [1.82, 2.24) is 14.6 Å². The molecule has 2 heterocycles. The highest BCUT2D eigenvalue weighted by atomic mass is 32.1. The molecule has 3 aromatic rings. The molecule has 3 rings (SSSR count). The number of hydrogen-bond donors (Lipinski definition) is 1. The van der Waals surface area contributed by atoms with E-state index < -0.39 is 0 Å². The van der Waals surface area contributed by atoms with E-state index in [1.807, 2.05) is 16.0 Å². The Morgan fingerprint density at radius 3 is 3.05 bits per heavy atom. The summed E-state index contributed by atoms with van der Waals surface area (Å²) in [6.07, 6.45) is 4.35. The molecule has 20 heavy (non-hydrogen) atoms. The third kappa shape index (κ3) is 2.61. The van der Waals surface area contributed by atoms with Gasteiger partial charge in [-0.2, -0.15) is 4.98 Å². The van der Waals surface area contributed by atoms with Crippen molar-refractivity contribution in [3.8, 4) is 0 Å². The Labute approximate surface area is 119 Å². The molecule has 102 valence electrons. The van der Waals surface area contributed by atoms with Gasteiger partial charge in [-0.15, -0.1) is 16.4 Å². The lowest BCUT2D eigenvalue weighted by Crippen LogP contribution is -2.05. The first-order chi connectivity index (χ1) is 9.76.